The molecule has 1 unspecified atom stereocenters. The molecule has 7 heteroatoms. The second kappa shape index (κ2) is 8.53. The van der Waals surface area contributed by atoms with Crippen molar-refractivity contribution in [2.75, 3.05) is 38.0 Å². The van der Waals surface area contributed by atoms with E-state index in [1.807, 2.05) is 29.2 Å². The van der Waals surface area contributed by atoms with Crippen LogP contribution in [0, 0.1) is 0 Å². The zero-order valence-electron chi connectivity index (χ0n) is 16.1. The van der Waals surface area contributed by atoms with Crippen molar-refractivity contribution in [3.63, 3.8) is 0 Å². The largest absolute Gasteiger partial charge is 0.387 e. The number of amides is 2. The molecule has 0 bridgehead atoms. The Bertz CT molecular complexity index is 925. The van der Waals surface area contributed by atoms with Crippen LogP contribution in [0.25, 0.3) is 0 Å². The number of piperazine rings is 1. The van der Waals surface area contributed by atoms with Crippen molar-refractivity contribution >= 4 is 29.1 Å². The highest BCUT2D eigenvalue weighted by molar-refractivity contribution is 6.30. The second-order valence-corrected chi connectivity index (χ2v) is 8.02. The Morgan fingerprint density at radius 2 is 1.90 bits per heavy atom. The maximum Gasteiger partial charge on any atom is 0.253 e. The molecule has 2 amide bonds. The summed E-state index contributed by atoms with van der Waals surface area (Å²) in [4.78, 5) is 28.4. The normalized spacial score (nSPS) is 18.1. The quantitative estimate of drug-likeness (QED) is 0.808. The van der Waals surface area contributed by atoms with E-state index >= 15 is 0 Å². The number of hydrogen-bond acceptors (Lipinski definition) is 4. The van der Waals surface area contributed by atoms with Crippen LogP contribution in [0.1, 0.15) is 34.0 Å². The lowest BCUT2D eigenvalue weighted by Gasteiger charge is -2.35. The number of anilines is 1. The van der Waals surface area contributed by atoms with Crippen molar-refractivity contribution < 1.29 is 14.7 Å². The fraction of sp³-hybridized carbons (Fsp3) is 0.364. The molecule has 1 atom stereocenters. The Hall–Kier alpha value is -2.41. The predicted octanol–water partition coefficient (Wildman–Crippen LogP) is 2.72. The minimum absolute atomic E-state index is 0.0136. The van der Waals surface area contributed by atoms with Crippen LogP contribution in [0.4, 0.5) is 5.69 Å². The molecule has 2 aromatic rings. The molecule has 4 rings (SSSR count). The van der Waals surface area contributed by atoms with Crippen LogP contribution in [-0.4, -0.2) is 59.4 Å². The van der Waals surface area contributed by atoms with Gasteiger partial charge >= 0.3 is 0 Å². The van der Waals surface area contributed by atoms with E-state index in [4.69, 9.17) is 11.6 Å². The number of aryl methyl sites for hydroxylation is 1. The Labute approximate surface area is 175 Å². The van der Waals surface area contributed by atoms with Gasteiger partial charge in [0.2, 0.25) is 5.91 Å². The van der Waals surface area contributed by atoms with E-state index in [9.17, 15) is 14.7 Å². The highest BCUT2D eigenvalue weighted by atomic mass is 35.5. The molecule has 2 N–H and O–H groups in total. The van der Waals surface area contributed by atoms with Crippen molar-refractivity contribution in [3.05, 3.63) is 64.2 Å². The third kappa shape index (κ3) is 4.61. The van der Waals surface area contributed by atoms with Crippen LogP contribution >= 0.6 is 11.6 Å². The molecular weight excluding hydrogens is 390 g/mol. The van der Waals surface area contributed by atoms with Gasteiger partial charge in [-0.25, -0.2) is 0 Å². The van der Waals surface area contributed by atoms with E-state index in [1.165, 1.54) is 0 Å². The molecule has 0 radical (unpaired) electrons. The molecule has 2 heterocycles. The lowest BCUT2D eigenvalue weighted by atomic mass is 10.00. The molecule has 0 aromatic heterocycles. The van der Waals surface area contributed by atoms with Crippen molar-refractivity contribution in [1.29, 1.82) is 0 Å². The minimum Gasteiger partial charge on any atom is -0.387 e. The summed E-state index contributed by atoms with van der Waals surface area (Å²) < 4.78 is 0. The summed E-state index contributed by atoms with van der Waals surface area (Å²) in [5.41, 5.74) is 3.28. The predicted molar refractivity (Wildman–Crippen MR) is 112 cm³/mol. The van der Waals surface area contributed by atoms with Gasteiger partial charge < -0.3 is 15.3 Å². The van der Waals surface area contributed by atoms with Crippen LogP contribution in [0.3, 0.4) is 0 Å². The summed E-state index contributed by atoms with van der Waals surface area (Å²) in [5, 5.41) is 13.9. The van der Waals surface area contributed by atoms with E-state index < -0.39 is 6.10 Å². The second-order valence-electron chi connectivity index (χ2n) is 7.58. The molecule has 0 saturated carbocycles. The van der Waals surface area contributed by atoms with E-state index in [-0.39, 0.29) is 11.8 Å². The van der Waals surface area contributed by atoms with Gasteiger partial charge in [0.05, 0.1) is 6.10 Å². The Morgan fingerprint density at radius 3 is 2.66 bits per heavy atom. The Morgan fingerprint density at radius 1 is 1.10 bits per heavy atom. The topological polar surface area (TPSA) is 72.9 Å². The number of carbonyl (C=O) groups is 2. The number of benzene rings is 2. The van der Waals surface area contributed by atoms with E-state index in [0.717, 1.165) is 16.8 Å². The lowest BCUT2D eigenvalue weighted by molar-refractivity contribution is -0.116. The van der Waals surface area contributed by atoms with Gasteiger partial charge in [0, 0.05) is 55.4 Å². The van der Waals surface area contributed by atoms with Gasteiger partial charge in [-0.3, -0.25) is 14.5 Å². The lowest BCUT2D eigenvalue weighted by Crippen LogP contribution is -2.49. The van der Waals surface area contributed by atoms with Crippen LogP contribution in [-0.2, 0) is 11.2 Å². The van der Waals surface area contributed by atoms with E-state index in [2.05, 4.69) is 10.2 Å². The van der Waals surface area contributed by atoms with Gasteiger partial charge in [0.15, 0.2) is 0 Å². The Balaban J connectivity index is 1.33. The van der Waals surface area contributed by atoms with Crippen molar-refractivity contribution in [1.82, 2.24) is 9.80 Å². The van der Waals surface area contributed by atoms with Crippen LogP contribution in [0.2, 0.25) is 5.02 Å². The Kier molecular flexibility index (Phi) is 5.85. The first kappa shape index (κ1) is 19.9. The van der Waals surface area contributed by atoms with Gasteiger partial charge in [-0.15, -0.1) is 0 Å². The summed E-state index contributed by atoms with van der Waals surface area (Å²) >= 11 is 6.01. The third-order valence-corrected chi connectivity index (χ3v) is 5.81. The molecule has 2 aliphatic heterocycles. The fourth-order valence-electron chi connectivity index (χ4n) is 3.90. The number of nitrogens with one attached hydrogen (secondary N) is 1. The maximum absolute atomic E-state index is 12.9. The van der Waals surface area contributed by atoms with Gasteiger partial charge in [-0.2, -0.15) is 0 Å². The molecular formula is C22H24ClN3O3. The van der Waals surface area contributed by atoms with E-state index in [0.29, 0.717) is 56.2 Å². The summed E-state index contributed by atoms with van der Waals surface area (Å²) in [6.07, 6.45) is 0.516. The first-order valence-corrected chi connectivity index (χ1v) is 10.3. The molecule has 1 fully saturated rings. The summed E-state index contributed by atoms with van der Waals surface area (Å²) in [6.45, 7) is 3.18. The molecule has 29 heavy (non-hydrogen) atoms. The number of rotatable bonds is 4. The highest BCUT2D eigenvalue weighted by Gasteiger charge is 2.25. The minimum atomic E-state index is -0.605. The smallest absolute Gasteiger partial charge is 0.253 e. The monoisotopic (exact) mass is 413 g/mol. The fourth-order valence-corrected chi connectivity index (χ4v) is 4.10. The van der Waals surface area contributed by atoms with Gasteiger partial charge in [0.25, 0.3) is 5.91 Å². The summed E-state index contributed by atoms with van der Waals surface area (Å²) in [6, 6.07) is 12.8. The molecule has 1 saturated heterocycles. The molecule has 2 aromatic carbocycles. The number of halogens is 1. The van der Waals surface area contributed by atoms with Gasteiger partial charge in [-0.05, 0) is 47.9 Å². The van der Waals surface area contributed by atoms with Crippen LogP contribution < -0.4 is 5.32 Å². The number of carbonyl (C=O) groups excluding carboxylic acids is 2. The molecule has 6 nitrogen and oxygen atoms in total. The number of hydrogen-bond donors (Lipinski definition) is 2. The molecule has 0 spiro atoms. The maximum atomic E-state index is 12.9. The zero-order valence-corrected chi connectivity index (χ0v) is 16.9. The SMILES string of the molecule is O=C1CCc2cc(C(=O)N3CCN(CC(O)c4cccc(Cl)c4)CC3)ccc2N1. The number of aliphatic hydroxyl groups is 1. The standard InChI is InChI=1S/C22H24ClN3O3/c23-18-3-1-2-16(13-18)20(27)14-25-8-10-26(11-9-25)22(29)17-4-6-19-15(12-17)5-7-21(28)24-19/h1-4,6,12-13,20,27H,5,7-11,14H2,(H,24,28). The van der Waals surface area contributed by atoms with Gasteiger partial charge in [-0.1, -0.05) is 23.7 Å². The van der Waals surface area contributed by atoms with Crippen molar-refractivity contribution in [2.24, 2.45) is 0 Å². The van der Waals surface area contributed by atoms with Gasteiger partial charge in [0.1, 0.15) is 0 Å². The van der Waals surface area contributed by atoms with Crippen molar-refractivity contribution in [2.45, 2.75) is 18.9 Å². The number of fused-ring (bicyclic) bond motifs is 1. The van der Waals surface area contributed by atoms with Crippen LogP contribution in [0.5, 0.6) is 0 Å². The highest BCUT2D eigenvalue weighted by Crippen LogP contribution is 2.25. The average molecular weight is 414 g/mol. The van der Waals surface area contributed by atoms with Crippen molar-refractivity contribution in [3.8, 4) is 0 Å². The number of β-amino-alcohol motifs (C(OH)–C–C–N with tert-alkyl or cyclic N) is 1. The first-order chi connectivity index (χ1) is 14.0. The van der Waals surface area contributed by atoms with E-state index in [1.54, 1.807) is 18.2 Å². The molecule has 152 valence electrons. The molecule has 2 aliphatic rings. The summed E-state index contributed by atoms with van der Waals surface area (Å²) in [7, 11) is 0. The first-order valence-electron chi connectivity index (χ1n) is 9.87. The number of aliphatic hydroxyl groups excluding tert-OH is 1. The number of nitrogens with zero attached hydrogens (tertiary/aromatic N) is 2. The summed E-state index contributed by atoms with van der Waals surface area (Å²) in [5.74, 6) is 0.0346. The van der Waals surface area contributed by atoms with Crippen LogP contribution in [0.15, 0.2) is 42.5 Å². The molecule has 0 aliphatic carbocycles. The third-order valence-electron chi connectivity index (χ3n) is 5.57. The average Bonchev–Trinajstić information content (AvgIpc) is 2.73. The zero-order chi connectivity index (χ0) is 20.4.